The van der Waals surface area contributed by atoms with Crippen molar-refractivity contribution in [2.75, 3.05) is 11.5 Å². The van der Waals surface area contributed by atoms with Crippen LogP contribution in [-0.4, -0.2) is 42.3 Å². The van der Waals surface area contributed by atoms with Gasteiger partial charge in [-0.1, -0.05) is 30.3 Å². The molecule has 0 bridgehead atoms. The van der Waals surface area contributed by atoms with Gasteiger partial charge in [-0.3, -0.25) is 24.1 Å². The van der Waals surface area contributed by atoms with E-state index in [0.29, 0.717) is 31.4 Å². The Kier molecular flexibility index (Phi) is 7.87. The second-order valence-corrected chi connectivity index (χ2v) is 9.40. The molecule has 2 atom stereocenters. The van der Waals surface area contributed by atoms with Crippen molar-refractivity contribution in [3.63, 3.8) is 0 Å². The molecule has 2 aliphatic heterocycles. The zero-order valence-electron chi connectivity index (χ0n) is 20.2. The number of nitrogens with one attached hydrogen (secondary N) is 1. The van der Waals surface area contributed by atoms with Gasteiger partial charge in [0.1, 0.15) is 18.4 Å². The van der Waals surface area contributed by atoms with Crippen LogP contribution in [0.2, 0.25) is 0 Å². The summed E-state index contributed by atoms with van der Waals surface area (Å²) < 4.78 is 5.93. The molecule has 9 heteroatoms. The van der Waals surface area contributed by atoms with Crippen molar-refractivity contribution in [2.45, 2.75) is 63.5 Å². The third kappa shape index (κ3) is 6.02. The number of amides is 4. The number of rotatable bonds is 11. The molecule has 2 aromatic carbocycles. The summed E-state index contributed by atoms with van der Waals surface area (Å²) in [6.07, 6.45) is 3.56. The van der Waals surface area contributed by atoms with E-state index in [1.54, 1.807) is 11.0 Å². The van der Waals surface area contributed by atoms with Gasteiger partial charge < -0.3 is 21.5 Å². The number of ether oxygens (including phenoxy) is 1. The highest BCUT2D eigenvalue weighted by Crippen LogP contribution is 2.38. The van der Waals surface area contributed by atoms with Crippen molar-refractivity contribution in [3.05, 3.63) is 59.2 Å². The average molecular weight is 493 g/mol. The van der Waals surface area contributed by atoms with Gasteiger partial charge in [-0.15, -0.1) is 0 Å². The molecule has 0 aromatic heterocycles. The molecule has 190 valence electrons. The zero-order chi connectivity index (χ0) is 25.7. The van der Waals surface area contributed by atoms with Crippen LogP contribution >= 0.6 is 0 Å². The number of nitrogens with zero attached hydrogens (tertiary/aromatic N) is 1. The van der Waals surface area contributed by atoms with Gasteiger partial charge in [0.15, 0.2) is 0 Å². The number of aryl methyl sites for hydroxylation is 2. The Morgan fingerprint density at radius 2 is 1.78 bits per heavy atom. The fourth-order valence-corrected chi connectivity index (χ4v) is 4.90. The molecule has 2 aliphatic rings. The Bertz CT molecular complexity index is 1160. The van der Waals surface area contributed by atoms with E-state index < -0.39 is 18.0 Å². The van der Waals surface area contributed by atoms with Gasteiger partial charge in [0.05, 0.1) is 11.7 Å². The number of carbonyl (C=O) groups is 4. The maximum Gasteiger partial charge on any atom is 0.243 e. The van der Waals surface area contributed by atoms with Gasteiger partial charge in [0.25, 0.3) is 0 Å². The number of hydrogen-bond acceptors (Lipinski definition) is 5. The first kappa shape index (κ1) is 25.2. The lowest BCUT2D eigenvalue weighted by molar-refractivity contribution is -0.127. The first-order chi connectivity index (χ1) is 17.3. The lowest BCUT2D eigenvalue weighted by Crippen LogP contribution is -2.51. The van der Waals surface area contributed by atoms with Crippen LogP contribution in [0, 0.1) is 0 Å². The summed E-state index contributed by atoms with van der Waals surface area (Å²) in [7, 11) is 0. The minimum atomic E-state index is -0.639. The Morgan fingerprint density at radius 3 is 2.56 bits per heavy atom. The van der Waals surface area contributed by atoms with Crippen molar-refractivity contribution >= 4 is 29.3 Å². The quantitative estimate of drug-likeness (QED) is 0.436. The van der Waals surface area contributed by atoms with Crippen LogP contribution in [-0.2, 0) is 38.4 Å². The maximum absolute atomic E-state index is 13.4. The summed E-state index contributed by atoms with van der Waals surface area (Å²) in [5.41, 5.74) is 14.5. The van der Waals surface area contributed by atoms with Crippen molar-refractivity contribution in [2.24, 2.45) is 11.5 Å². The molecule has 0 radical (unpaired) electrons. The normalized spacial score (nSPS) is 17.2. The number of carbonyl (C=O) groups excluding carboxylic acids is 4. The lowest BCUT2D eigenvalue weighted by Gasteiger charge is -2.27. The third-order valence-electron chi connectivity index (χ3n) is 6.67. The standard InChI is InChI=1S/C27H32N4O5/c28-23(32)12-10-17-4-1-8-21(14-17)36-16-20(11-13-24(29)33)30-27(35)22-15-19-7-2-5-18-6-3-9-25(34)31(22)26(18)19/h1-2,4-5,7-8,14,20,22H,3,6,9-13,15-16H2,(H2,28,32)(H2,29,33)(H,30,35)/t20-,22-/m0/s1. The SMILES string of the molecule is NC(=O)CCc1cccc(OC[C@H](CCC(N)=O)NC(=O)[C@@H]2Cc3cccc4c3N2C(=O)CCC4)c1. The summed E-state index contributed by atoms with van der Waals surface area (Å²) in [5.74, 6) is -0.587. The monoisotopic (exact) mass is 492 g/mol. The van der Waals surface area contributed by atoms with Crippen LogP contribution < -0.4 is 26.4 Å². The smallest absolute Gasteiger partial charge is 0.243 e. The van der Waals surface area contributed by atoms with Crippen molar-refractivity contribution < 1.29 is 23.9 Å². The topological polar surface area (TPSA) is 145 Å². The predicted molar refractivity (Wildman–Crippen MR) is 134 cm³/mol. The molecule has 0 aliphatic carbocycles. The van der Waals surface area contributed by atoms with E-state index >= 15 is 0 Å². The van der Waals surface area contributed by atoms with Gasteiger partial charge in [0, 0.05) is 25.7 Å². The minimum absolute atomic E-state index is 0.0449. The van der Waals surface area contributed by atoms with Crippen molar-refractivity contribution in [1.82, 2.24) is 5.32 Å². The summed E-state index contributed by atoms with van der Waals surface area (Å²) in [5, 5.41) is 3.00. The molecule has 4 rings (SSSR count). The van der Waals surface area contributed by atoms with Crippen LogP contribution in [0.1, 0.15) is 48.8 Å². The van der Waals surface area contributed by atoms with E-state index in [4.69, 9.17) is 16.2 Å². The first-order valence-corrected chi connectivity index (χ1v) is 12.3. The number of hydrogen-bond donors (Lipinski definition) is 3. The van der Waals surface area contributed by atoms with E-state index in [0.717, 1.165) is 35.2 Å². The number of para-hydroxylation sites is 1. The Labute approximate surface area is 210 Å². The van der Waals surface area contributed by atoms with E-state index in [1.807, 2.05) is 36.4 Å². The van der Waals surface area contributed by atoms with Gasteiger partial charge in [-0.25, -0.2) is 0 Å². The average Bonchev–Trinajstić information content (AvgIpc) is 3.16. The van der Waals surface area contributed by atoms with Crippen LogP contribution in [0.15, 0.2) is 42.5 Å². The molecular weight excluding hydrogens is 460 g/mol. The van der Waals surface area contributed by atoms with E-state index in [9.17, 15) is 19.2 Å². The minimum Gasteiger partial charge on any atom is -0.491 e. The largest absolute Gasteiger partial charge is 0.491 e. The number of anilines is 1. The molecule has 5 N–H and O–H groups in total. The summed E-state index contributed by atoms with van der Waals surface area (Å²) in [6.45, 7) is 0.122. The first-order valence-electron chi connectivity index (χ1n) is 12.3. The molecule has 0 spiro atoms. The second-order valence-electron chi connectivity index (χ2n) is 9.40. The highest BCUT2D eigenvalue weighted by molar-refractivity contribution is 6.04. The molecule has 2 aromatic rings. The summed E-state index contributed by atoms with van der Waals surface area (Å²) in [4.78, 5) is 50.5. The Hall–Kier alpha value is -3.88. The number of nitrogens with two attached hydrogens (primary N) is 2. The Balaban J connectivity index is 1.45. The Morgan fingerprint density at radius 1 is 1.03 bits per heavy atom. The van der Waals surface area contributed by atoms with E-state index in [-0.39, 0.29) is 37.2 Å². The van der Waals surface area contributed by atoms with Gasteiger partial charge in [0.2, 0.25) is 23.6 Å². The zero-order valence-corrected chi connectivity index (χ0v) is 20.2. The summed E-state index contributed by atoms with van der Waals surface area (Å²) >= 11 is 0. The van der Waals surface area contributed by atoms with Gasteiger partial charge in [-0.2, -0.15) is 0 Å². The molecule has 9 nitrogen and oxygen atoms in total. The van der Waals surface area contributed by atoms with Crippen LogP contribution in [0.5, 0.6) is 5.75 Å². The molecule has 0 unspecified atom stereocenters. The maximum atomic E-state index is 13.4. The molecule has 0 saturated carbocycles. The fourth-order valence-electron chi connectivity index (χ4n) is 4.90. The molecule has 4 amide bonds. The molecular formula is C27H32N4O5. The van der Waals surface area contributed by atoms with E-state index in [1.165, 1.54) is 0 Å². The highest BCUT2D eigenvalue weighted by Gasteiger charge is 2.41. The van der Waals surface area contributed by atoms with E-state index in [2.05, 4.69) is 5.32 Å². The molecule has 0 saturated heterocycles. The van der Waals surface area contributed by atoms with Crippen LogP contribution in [0.25, 0.3) is 0 Å². The van der Waals surface area contributed by atoms with Crippen LogP contribution in [0.3, 0.4) is 0 Å². The number of primary amides is 2. The highest BCUT2D eigenvalue weighted by atomic mass is 16.5. The molecule has 0 fully saturated rings. The number of benzene rings is 2. The van der Waals surface area contributed by atoms with Gasteiger partial charge >= 0.3 is 0 Å². The van der Waals surface area contributed by atoms with Gasteiger partial charge in [-0.05, 0) is 54.5 Å². The van der Waals surface area contributed by atoms with Crippen LogP contribution in [0.4, 0.5) is 5.69 Å². The molecule has 36 heavy (non-hydrogen) atoms. The fraction of sp³-hybridized carbons (Fsp3) is 0.407. The molecule has 2 heterocycles. The second kappa shape index (κ2) is 11.2. The lowest BCUT2D eigenvalue weighted by atomic mass is 10.0. The summed E-state index contributed by atoms with van der Waals surface area (Å²) in [6, 6.07) is 12.1. The third-order valence-corrected chi connectivity index (χ3v) is 6.67. The van der Waals surface area contributed by atoms with Crippen molar-refractivity contribution in [3.8, 4) is 5.75 Å². The predicted octanol–water partition coefficient (Wildman–Crippen LogP) is 1.53. The van der Waals surface area contributed by atoms with Crippen molar-refractivity contribution in [1.29, 1.82) is 0 Å².